The van der Waals surface area contributed by atoms with Crippen LogP contribution in [0.25, 0.3) is 0 Å². The highest BCUT2D eigenvalue weighted by atomic mass is 79.9. The lowest BCUT2D eigenvalue weighted by molar-refractivity contribution is -0.107. The molecule has 0 N–H and O–H groups in total. The van der Waals surface area contributed by atoms with Crippen molar-refractivity contribution in [3.05, 3.63) is 28.2 Å². The summed E-state index contributed by atoms with van der Waals surface area (Å²) in [5, 5.41) is -0.392. The second kappa shape index (κ2) is 2.71. The van der Waals surface area contributed by atoms with E-state index in [0.29, 0.717) is 5.56 Å². The molecule has 2 rings (SSSR count). The van der Waals surface area contributed by atoms with Crippen LogP contribution in [0.2, 0.25) is 0 Å². The number of thioether (sulfide) groups is 1. The summed E-state index contributed by atoms with van der Waals surface area (Å²) >= 11 is 4.27. The lowest BCUT2D eigenvalue weighted by Gasteiger charge is -1.95. The molecule has 0 bridgehead atoms. The Bertz CT molecular complexity index is 387. The summed E-state index contributed by atoms with van der Waals surface area (Å²) in [7, 11) is 0. The number of hydrogen-bond acceptors (Lipinski definition) is 3. The molecule has 0 atom stereocenters. The monoisotopic (exact) mass is 242 g/mol. The van der Waals surface area contributed by atoms with Crippen molar-refractivity contribution in [3.8, 4) is 0 Å². The number of carbonyl (C=O) groups is 2. The first-order chi connectivity index (χ1) is 5.70. The summed E-state index contributed by atoms with van der Waals surface area (Å²) in [6.07, 6.45) is 0. The van der Waals surface area contributed by atoms with Crippen LogP contribution in [0, 0.1) is 0 Å². The maximum atomic E-state index is 11.2. The molecule has 1 aromatic carbocycles. The fourth-order valence-corrected chi connectivity index (χ4v) is 2.47. The summed E-state index contributed by atoms with van der Waals surface area (Å²) in [5.41, 5.74) is 0.513. The molecule has 0 aromatic heterocycles. The van der Waals surface area contributed by atoms with Gasteiger partial charge in [0.2, 0.25) is 5.78 Å². The molecule has 4 heteroatoms. The Morgan fingerprint density at radius 1 is 1.25 bits per heavy atom. The van der Waals surface area contributed by atoms with Crippen LogP contribution >= 0.6 is 27.7 Å². The molecule has 1 heterocycles. The third-order valence-corrected chi connectivity index (χ3v) is 3.53. The molecule has 0 saturated carbocycles. The van der Waals surface area contributed by atoms with Gasteiger partial charge in [0.1, 0.15) is 0 Å². The van der Waals surface area contributed by atoms with Gasteiger partial charge in [0.25, 0.3) is 5.12 Å². The topological polar surface area (TPSA) is 34.1 Å². The number of hydrogen-bond donors (Lipinski definition) is 0. The molecule has 0 radical (unpaired) electrons. The number of Topliss-reactive ketones (excluding diaryl/α,β-unsaturated/α-hetero) is 1. The molecular weight excluding hydrogens is 240 g/mol. The van der Waals surface area contributed by atoms with Gasteiger partial charge in [-0.15, -0.1) is 0 Å². The first-order valence-corrected chi connectivity index (χ1v) is 4.86. The quantitative estimate of drug-likeness (QED) is 0.655. The standard InChI is InChI=1S/C8H3BrO2S/c9-5-3-1-2-4-6(10)8(11)12-7(4)5/h1-3H. The summed E-state index contributed by atoms with van der Waals surface area (Å²) in [6.45, 7) is 0. The summed E-state index contributed by atoms with van der Waals surface area (Å²) in [6, 6.07) is 5.23. The van der Waals surface area contributed by atoms with Crippen LogP contribution in [0.1, 0.15) is 10.4 Å². The predicted molar refractivity (Wildman–Crippen MR) is 49.3 cm³/mol. The van der Waals surface area contributed by atoms with Crippen molar-refractivity contribution in [2.45, 2.75) is 4.90 Å². The normalized spacial score (nSPS) is 15.1. The second-order valence-corrected chi connectivity index (χ2v) is 4.17. The number of benzene rings is 1. The Morgan fingerprint density at radius 2 is 2.00 bits per heavy atom. The van der Waals surface area contributed by atoms with Gasteiger partial charge in [-0.3, -0.25) is 9.59 Å². The molecule has 12 heavy (non-hydrogen) atoms. The van der Waals surface area contributed by atoms with Gasteiger partial charge >= 0.3 is 0 Å². The van der Waals surface area contributed by atoms with Gasteiger partial charge in [-0.05, 0) is 39.8 Å². The lowest BCUT2D eigenvalue weighted by Crippen LogP contribution is -2.01. The Balaban J connectivity index is 2.68. The molecule has 60 valence electrons. The number of rotatable bonds is 0. The molecule has 0 spiro atoms. The van der Waals surface area contributed by atoms with Crippen LogP contribution in [-0.2, 0) is 4.79 Å². The van der Waals surface area contributed by atoms with Crippen molar-refractivity contribution in [2.75, 3.05) is 0 Å². The van der Waals surface area contributed by atoms with E-state index in [0.717, 1.165) is 21.1 Å². The Labute approximate surface area is 81.5 Å². The van der Waals surface area contributed by atoms with E-state index in [4.69, 9.17) is 0 Å². The van der Waals surface area contributed by atoms with Gasteiger partial charge in [-0.25, -0.2) is 0 Å². The number of carbonyl (C=O) groups excluding carboxylic acids is 2. The number of halogens is 1. The highest BCUT2D eigenvalue weighted by Crippen LogP contribution is 2.37. The fraction of sp³-hybridized carbons (Fsp3) is 0. The van der Waals surface area contributed by atoms with Crippen molar-refractivity contribution < 1.29 is 9.59 Å². The summed E-state index contributed by atoms with van der Waals surface area (Å²) < 4.78 is 0.809. The van der Waals surface area contributed by atoms with Gasteiger partial charge < -0.3 is 0 Å². The zero-order valence-corrected chi connectivity index (χ0v) is 8.24. The Kier molecular flexibility index (Phi) is 1.81. The van der Waals surface area contributed by atoms with Crippen LogP contribution in [-0.4, -0.2) is 10.9 Å². The van der Waals surface area contributed by atoms with Gasteiger partial charge in [0.15, 0.2) is 0 Å². The third-order valence-electron chi connectivity index (χ3n) is 1.59. The van der Waals surface area contributed by atoms with Crippen molar-refractivity contribution in [3.63, 3.8) is 0 Å². The average Bonchev–Trinajstić information content (AvgIpc) is 2.32. The van der Waals surface area contributed by atoms with Gasteiger partial charge in [0, 0.05) is 14.9 Å². The average molecular weight is 243 g/mol. The van der Waals surface area contributed by atoms with Crippen molar-refractivity contribution in [2.24, 2.45) is 0 Å². The smallest absolute Gasteiger partial charge is 0.264 e. The number of fused-ring (bicyclic) bond motifs is 1. The SMILES string of the molecule is O=C1Sc2c(Br)cccc2C1=O. The second-order valence-electron chi connectivity index (χ2n) is 2.34. The minimum Gasteiger partial charge on any atom is -0.284 e. The summed E-state index contributed by atoms with van der Waals surface area (Å²) in [5.74, 6) is -0.392. The predicted octanol–water partition coefficient (Wildman–Crippen LogP) is 2.26. The van der Waals surface area contributed by atoms with E-state index in [9.17, 15) is 9.59 Å². The van der Waals surface area contributed by atoms with E-state index < -0.39 is 10.9 Å². The van der Waals surface area contributed by atoms with Crippen molar-refractivity contribution >= 4 is 38.6 Å². The molecule has 1 aliphatic rings. The van der Waals surface area contributed by atoms with E-state index in [2.05, 4.69) is 15.9 Å². The van der Waals surface area contributed by atoms with Crippen LogP contribution in [0.3, 0.4) is 0 Å². The molecule has 0 saturated heterocycles. The van der Waals surface area contributed by atoms with Gasteiger partial charge in [0.05, 0.1) is 0 Å². The molecule has 1 aromatic rings. The minimum absolute atomic E-state index is 0.392. The van der Waals surface area contributed by atoms with Crippen molar-refractivity contribution in [1.82, 2.24) is 0 Å². The van der Waals surface area contributed by atoms with Gasteiger partial charge in [-0.1, -0.05) is 6.07 Å². The zero-order valence-electron chi connectivity index (χ0n) is 5.83. The van der Waals surface area contributed by atoms with Crippen LogP contribution in [0.4, 0.5) is 0 Å². The third kappa shape index (κ3) is 1.03. The lowest BCUT2D eigenvalue weighted by atomic mass is 10.1. The van der Waals surface area contributed by atoms with E-state index in [-0.39, 0.29) is 0 Å². The van der Waals surface area contributed by atoms with Gasteiger partial charge in [-0.2, -0.15) is 0 Å². The molecule has 0 aliphatic carbocycles. The first kappa shape index (κ1) is 8.01. The molecule has 0 amide bonds. The van der Waals surface area contributed by atoms with E-state index >= 15 is 0 Å². The molecular formula is C8H3BrO2S. The zero-order chi connectivity index (χ0) is 8.72. The van der Waals surface area contributed by atoms with E-state index in [1.807, 2.05) is 6.07 Å². The highest BCUT2D eigenvalue weighted by molar-refractivity contribution is 9.10. The fourth-order valence-electron chi connectivity index (χ4n) is 1.04. The Hall–Kier alpha value is -0.610. The van der Waals surface area contributed by atoms with Crippen LogP contribution < -0.4 is 0 Å². The Morgan fingerprint density at radius 3 is 2.67 bits per heavy atom. The van der Waals surface area contributed by atoms with Crippen LogP contribution in [0.5, 0.6) is 0 Å². The molecule has 0 unspecified atom stereocenters. The maximum absolute atomic E-state index is 11.2. The van der Waals surface area contributed by atoms with E-state index in [1.165, 1.54) is 0 Å². The minimum atomic E-state index is -0.392. The molecule has 1 aliphatic heterocycles. The molecule has 2 nitrogen and oxygen atoms in total. The first-order valence-electron chi connectivity index (χ1n) is 3.25. The largest absolute Gasteiger partial charge is 0.284 e. The maximum Gasteiger partial charge on any atom is 0.264 e. The number of ketones is 1. The van der Waals surface area contributed by atoms with Crippen molar-refractivity contribution in [1.29, 1.82) is 0 Å². The molecule has 0 fully saturated rings. The highest BCUT2D eigenvalue weighted by Gasteiger charge is 2.30. The summed E-state index contributed by atoms with van der Waals surface area (Å²) in [4.78, 5) is 22.9. The van der Waals surface area contributed by atoms with Crippen LogP contribution in [0.15, 0.2) is 27.6 Å². The van der Waals surface area contributed by atoms with E-state index in [1.54, 1.807) is 12.1 Å².